The number of hydrogen-bond donors (Lipinski definition) is 2. The van der Waals surface area contributed by atoms with Gasteiger partial charge < -0.3 is 5.11 Å². The Morgan fingerprint density at radius 1 is 1.50 bits per heavy atom. The van der Waals surface area contributed by atoms with Gasteiger partial charge >= 0.3 is 5.97 Å². The summed E-state index contributed by atoms with van der Waals surface area (Å²) in [6.45, 7) is 0.362. The molecule has 6 nitrogen and oxygen atoms in total. The van der Waals surface area contributed by atoms with Gasteiger partial charge in [0.05, 0.1) is 0 Å². The first-order chi connectivity index (χ1) is 7.59. The molecule has 1 saturated heterocycles. The summed E-state index contributed by atoms with van der Waals surface area (Å²) < 4.78 is 0. The zero-order chi connectivity index (χ0) is 11.7. The lowest BCUT2D eigenvalue weighted by Gasteiger charge is -2.15. The van der Waals surface area contributed by atoms with Crippen molar-refractivity contribution in [3.05, 3.63) is 18.1 Å². The van der Waals surface area contributed by atoms with E-state index in [1.54, 1.807) is 0 Å². The quantitative estimate of drug-likeness (QED) is 0.721. The van der Waals surface area contributed by atoms with Crippen molar-refractivity contribution in [1.82, 2.24) is 9.97 Å². The van der Waals surface area contributed by atoms with Crippen molar-refractivity contribution in [2.45, 2.75) is 11.7 Å². The fourth-order valence-corrected chi connectivity index (χ4v) is 1.89. The van der Waals surface area contributed by atoms with Crippen LogP contribution in [0.3, 0.4) is 0 Å². The molecule has 84 valence electrons. The van der Waals surface area contributed by atoms with Crippen molar-refractivity contribution in [2.75, 3.05) is 11.4 Å². The predicted octanol–water partition coefficient (Wildman–Crippen LogP) is 0.210. The van der Waals surface area contributed by atoms with Crippen LogP contribution in [0, 0.1) is 0 Å². The normalized spacial score (nSPS) is 20.2. The molecule has 0 saturated carbocycles. The predicted molar refractivity (Wildman–Crippen MR) is 58.7 cm³/mol. The molecule has 1 amide bonds. The number of carboxylic acids is 1. The molecular weight excluding hydrogens is 230 g/mol. The highest BCUT2D eigenvalue weighted by Gasteiger charge is 2.32. The Labute approximate surface area is 96.7 Å². The minimum absolute atomic E-state index is 0.0869. The first kappa shape index (κ1) is 10.9. The SMILES string of the molecule is O=C(O)c1nccnc1N1CC(S)CC1=O. The molecule has 1 N–H and O–H groups in total. The van der Waals surface area contributed by atoms with E-state index in [-0.39, 0.29) is 22.7 Å². The highest BCUT2D eigenvalue weighted by molar-refractivity contribution is 7.81. The number of thiol groups is 1. The van der Waals surface area contributed by atoms with Gasteiger partial charge in [0.15, 0.2) is 11.5 Å². The fraction of sp³-hybridized carbons (Fsp3) is 0.333. The molecule has 1 aromatic heterocycles. The largest absolute Gasteiger partial charge is 0.476 e. The minimum atomic E-state index is -1.20. The molecule has 1 atom stereocenters. The summed E-state index contributed by atoms with van der Waals surface area (Å²) in [4.78, 5) is 31.4. The zero-order valence-electron chi connectivity index (χ0n) is 8.20. The third-order valence-electron chi connectivity index (χ3n) is 2.24. The molecule has 0 radical (unpaired) electrons. The first-order valence-corrected chi connectivity index (χ1v) is 5.14. The Balaban J connectivity index is 2.40. The molecule has 1 aromatic rings. The number of carbonyl (C=O) groups is 2. The molecule has 1 fully saturated rings. The second kappa shape index (κ2) is 4.09. The molecule has 1 unspecified atom stereocenters. The molecule has 0 bridgehead atoms. The molecule has 7 heteroatoms. The van der Waals surface area contributed by atoms with Crippen LogP contribution < -0.4 is 4.90 Å². The Morgan fingerprint density at radius 3 is 2.75 bits per heavy atom. The molecule has 0 aliphatic carbocycles. The van der Waals surface area contributed by atoms with Gasteiger partial charge in [-0.2, -0.15) is 12.6 Å². The van der Waals surface area contributed by atoms with Crippen LogP contribution in [-0.4, -0.2) is 38.7 Å². The van der Waals surface area contributed by atoms with E-state index < -0.39 is 5.97 Å². The van der Waals surface area contributed by atoms with Gasteiger partial charge in [-0.3, -0.25) is 9.69 Å². The number of anilines is 1. The molecule has 1 aliphatic rings. The van der Waals surface area contributed by atoms with Gasteiger partial charge in [0, 0.05) is 30.6 Å². The standard InChI is InChI=1S/C9H9N3O3S/c13-6-3-5(16)4-12(6)8-7(9(14)15)10-1-2-11-8/h1-2,5,16H,3-4H2,(H,14,15). The van der Waals surface area contributed by atoms with Crippen LogP contribution in [0.4, 0.5) is 5.82 Å². The second-order valence-electron chi connectivity index (χ2n) is 3.40. The maximum atomic E-state index is 11.6. The maximum absolute atomic E-state index is 11.6. The number of aromatic carboxylic acids is 1. The summed E-state index contributed by atoms with van der Waals surface area (Å²) in [5, 5.41) is 8.83. The van der Waals surface area contributed by atoms with Gasteiger partial charge in [0.1, 0.15) is 0 Å². The summed E-state index contributed by atoms with van der Waals surface area (Å²) in [6.07, 6.45) is 2.94. The lowest BCUT2D eigenvalue weighted by molar-refractivity contribution is -0.117. The van der Waals surface area contributed by atoms with E-state index in [9.17, 15) is 9.59 Å². The van der Waals surface area contributed by atoms with E-state index in [0.29, 0.717) is 13.0 Å². The number of nitrogens with zero attached hydrogens (tertiary/aromatic N) is 3. The third-order valence-corrected chi connectivity index (χ3v) is 2.59. The highest BCUT2D eigenvalue weighted by atomic mass is 32.1. The summed E-state index contributed by atoms with van der Waals surface area (Å²) in [5.74, 6) is -1.28. The first-order valence-electron chi connectivity index (χ1n) is 4.62. The van der Waals surface area contributed by atoms with Gasteiger partial charge in [-0.05, 0) is 0 Å². The summed E-state index contributed by atoms with van der Waals surface area (Å²) in [5.41, 5.74) is -0.210. The Hall–Kier alpha value is -1.63. The molecule has 0 spiro atoms. The fourth-order valence-electron chi connectivity index (χ4n) is 1.57. The number of carbonyl (C=O) groups excluding carboxylic acids is 1. The Morgan fingerprint density at radius 2 is 2.19 bits per heavy atom. The zero-order valence-corrected chi connectivity index (χ0v) is 9.09. The summed E-state index contributed by atoms with van der Waals surface area (Å²) in [7, 11) is 0. The number of rotatable bonds is 2. The van der Waals surface area contributed by atoms with Crippen molar-refractivity contribution in [3.8, 4) is 0 Å². The van der Waals surface area contributed by atoms with Crippen molar-refractivity contribution in [3.63, 3.8) is 0 Å². The van der Waals surface area contributed by atoms with Gasteiger partial charge in [-0.15, -0.1) is 0 Å². The third kappa shape index (κ3) is 1.85. The molecule has 16 heavy (non-hydrogen) atoms. The number of aromatic nitrogens is 2. The molecule has 1 aliphatic heterocycles. The summed E-state index contributed by atoms with van der Waals surface area (Å²) in [6, 6.07) is 0. The highest BCUT2D eigenvalue weighted by Crippen LogP contribution is 2.23. The molecule has 0 aromatic carbocycles. The van der Waals surface area contributed by atoms with E-state index in [0.717, 1.165) is 0 Å². The van der Waals surface area contributed by atoms with E-state index in [2.05, 4.69) is 22.6 Å². The van der Waals surface area contributed by atoms with Crippen LogP contribution in [0.2, 0.25) is 0 Å². The lowest BCUT2D eigenvalue weighted by atomic mass is 10.4. The number of hydrogen-bond acceptors (Lipinski definition) is 5. The smallest absolute Gasteiger partial charge is 0.358 e. The Bertz CT molecular complexity index is 451. The number of amides is 1. The van der Waals surface area contributed by atoms with E-state index in [4.69, 9.17) is 5.11 Å². The van der Waals surface area contributed by atoms with Crippen LogP contribution in [0.25, 0.3) is 0 Å². The molecule has 2 heterocycles. The monoisotopic (exact) mass is 239 g/mol. The summed E-state index contributed by atoms with van der Waals surface area (Å²) >= 11 is 4.19. The van der Waals surface area contributed by atoms with Crippen molar-refractivity contribution in [1.29, 1.82) is 0 Å². The van der Waals surface area contributed by atoms with Crippen molar-refractivity contribution in [2.24, 2.45) is 0 Å². The van der Waals surface area contributed by atoms with Crippen LogP contribution in [0.15, 0.2) is 12.4 Å². The lowest BCUT2D eigenvalue weighted by Crippen LogP contribution is -2.28. The van der Waals surface area contributed by atoms with Gasteiger partial charge in [0.2, 0.25) is 5.91 Å². The Kier molecular flexibility index (Phi) is 2.78. The topological polar surface area (TPSA) is 83.4 Å². The molecule has 2 rings (SSSR count). The average molecular weight is 239 g/mol. The second-order valence-corrected chi connectivity index (χ2v) is 4.13. The molecular formula is C9H9N3O3S. The van der Waals surface area contributed by atoms with Crippen LogP contribution >= 0.6 is 12.6 Å². The van der Waals surface area contributed by atoms with Crippen LogP contribution in [-0.2, 0) is 4.79 Å². The van der Waals surface area contributed by atoms with Gasteiger partial charge in [-0.1, -0.05) is 0 Å². The van der Waals surface area contributed by atoms with Crippen molar-refractivity contribution >= 4 is 30.3 Å². The van der Waals surface area contributed by atoms with Gasteiger partial charge in [-0.25, -0.2) is 14.8 Å². The van der Waals surface area contributed by atoms with E-state index >= 15 is 0 Å². The van der Waals surface area contributed by atoms with Crippen LogP contribution in [0.1, 0.15) is 16.9 Å². The van der Waals surface area contributed by atoms with Crippen molar-refractivity contribution < 1.29 is 14.7 Å². The van der Waals surface area contributed by atoms with E-state index in [1.165, 1.54) is 17.3 Å². The number of carboxylic acid groups (broad SMARTS) is 1. The minimum Gasteiger partial charge on any atom is -0.476 e. The van der Waals surface area contributed by atoms with Crippen LogP contribution in [0.5, 0.6) is 0 Å². The maximum Gasteiger partial charge on any atom is 0.358 e. The van der Waals surface area contributed by atoms with E-state index in [1.807, 2.05) is 0 Å². The average Bonchev–Trinajstić information content (AvgIpc) is 2.57. The van der Waals surface area contributed by atoms with Gasteiger partial charge in [0.25, 0.3) is 0 Å².